The van der Waals surface area contributed by atoms with Crippen LogP contribution in [0, 0.1) is 5.82 Å². The Kier molecular flexibility index (Phi) is 5.30. The summed E-state index contributed by atoms with van der Waals surface area (Å²) in [5.74, 6) is -1.71. The SMILES string of the molecule is NC(=O)CN(C(=O)c1cc(Br)ccc1F)C1CCNCC1. The van der Waals surface area contributed by atoms with Crippen LogP contribution >= 0.6 is 15.9 Å². The van der Waals surface area contributed by atoms with E-state index in [-0.39, 0.29) is 18.2 Å². The number of amides is 2. The van der Waals surface area contributed by atoms with Gasteiger partial charge >= 0.3 is 0 Å². The highest BCUT2D eigenvalue weighted by Crippen LogP contribution is 2.20. The zero-order valence-electron chi connectivity index (χ0n) is 11.4. The summed E-state index contributed by atoms with van der Waals surface area (Å²) in [6, 6.07) is 4.06. The largest absolute Gasteiger partial charge is 0.368 e. The average Bonchev–Trinajstić information content (AvgIpc) is 2.47. The molecule has 0 radical (unpaired) electrons. The first-order valence-electron chi connectivity index (χ1n) is 6.74. The van der Waals surface area contributed by atoms with Crippen molar-refractivity contribution in [2.45, 2.75) is 18.9 Å². The lowest BCUT2D eigenvalue weighted by Gasteiger charge is -2.34. The zero-order chi connectivity index (χ0) is 15.4. The molecule has 114 valence electrons. The second-order valence-corrected chi connectivity index (χ2v) is 5.92. The number of piperidine rings is 1. The van der Waals surface area contributed by atoms with E-state index in [1.54, 1.807) is 0 Å². The highest BCUT2D eigenvalue weighted by atomic mass is 79.9. The Morgan fingerprint density at radius 2 is 2.05 bits per heavy atom. The summed E-state index contributed by atoms with van der Waals surface area (Å²) in [7, 11) is 0. The van der Waals surface area contributed by atoms with Gasteiger partial charge in [-0.15, -0.1) is 0 Å². The molecule has 1 aromatic rings. The Morgan fingerprint density at radius 3 is 2.67 bits per heavy atom. The van der Waals surface area contributed by atoms with E-state index in [0.717, 1.165) is 13.1 Å². The molecule has 1 aliphatic heterocycles. The van der Waals surface area contributed by atoms with Gasteiger partial charge in [0.25, 0.3) is 5.91 Å². The van der Waals surface area contributed by atoms with Crippen molar-refractivity contribution in [1.82, 2.24) is 10.2 Å². The molecule has 2 amide bonds. The van der Waals surface area contributed by atoms with E-state index in [9.17, 15) is 14.0 Å². The van der Waals surface area contributed by atoms with Gasteiger partial charge in [-0.3, -0.25) is 9.59 Å². The Morgan fingerprint density at radius 1 is 1.38 bits per heavy atom. The molecular formula is C14H17BrFN3O2. The van der Waals surface area contributed by atoms with Crippen molar-refractivity contribution in [3.05, 3.63) is 34.1 Å². The van der Waals surface area contributed by atoms with Gasteiger partial charge in [0.15, 0.2) is 0 Å². The molecule has 1 aromatic carbocycles. The first-order valence-corrected chi connectivity index (χ1v) is 7.53. The lowest BCUT2D eigenvalue weighted by Crippen LogP contribution is -2.49. The third kappa shape index (κ3) is 4.01. The van der Waals surface area contributed by atoms with E-state index >= 15 is 0 Å². The second-order valence-electron chi connectivity index (χ2n) is 5.00. The van der Waals surface area contributed by atoms with Crippen molar-refractivity contribution in [3.8, 4) is 0 Å². The minimum Gasteiger partial charge on any atom is -0.368 e. The normalized spacial score (nSPS) is 15.7. The lowest BCUT2D eigenvalue weighted by atomic mass is 10.0. The van der Waals surface area contributed by atoms with Gasteiger partial charge in [0.2, 0.25) is 5.91 Å². The third-order valence-corrected chi connectivity index (χ3v) is 3.99. The number of hydrogen-bond acceptors (Lipinski definition) is 3. The number of halogens is 2. The van der Waals surface area contributed by atoms with Crippen molar-refractivity contribution >= 4 is 27.7 Å². The number of primary amides is 1. The summed E-state index contributed by atoms with van der Waals surface area (Å²) in [6.07, 6.45) is 1.43. The van der Waals surface area contributed by atoms with Gasteiger partial charge < -0.3 is 16.0 Å². The van der Waals surface area contributed by atoms with E-state index < -0.39 is 17.6 Å². The molecule has 1 fully saturated rings. The monoisotopic (exact) mass is 357 g/mol. The number of hydrogen-bond donors (Lipinski definition) is 2. The molecule has 0 aromatic heterocycles. The molecule has 1 aliphatic rings. The Balaban J connectivity index is 2.28. The van der Waals surface area contributed by atoms with Gasteiger partial charge in [-0.1, -0.05) is 15.9 Å². The summed E-state index contributed by atoms with van der Waals surface area (Å²) >= 11 is 3.22. The summed E-state index contributed by atoms with van der Waals surface area (Å²) < 4.78 is 14.5. The molecule has 3 N–H and O–H groups in total. The molecule has 0 bridgehead atoms. The average molecular weight is 358 g/mol. The van der Waals surface area contributed by atoms with Crippen LogP contribution in [-0.2, 0) is 4.79 Å². The van der Waals surface area contributed by atoms with Gasteiger partial charge in [-0.05, 0) is 44.1 Å². The molecule has 0 aliphatic carbocycles. The maximum Gasteiger partial charge on any atom is 0.257 e. The number of carbonyl (C=O) groups excluding carboxylic acids is 2. The summed E-state index contributed by atoms with van der Waals surface area (Å²) in [6.45, 7) is 1.32. The number of benzene rings is 1. The Hall–Kier alpha value is -1.47. The number of rotatable bonds is 4. The highest BCUT2D eigenvalue weighted by molar-refractivity contribution is 9.10. The van der Waals surface area contributed by atoms with Gasteiger partial charge in [-0.25, -0.2) is 4.39 Å². The van der Waals surface area contributed by atoms with E-state index in [4.69, 9.17) is 5.73 Å². The molecular weight excluding hydrogens is 341 g/mol. The minimum atomic E-state index is -0.605. The van der Waals surface area contributed by atoms with Gasteiger partial charge in [0, 0.05) is 10.5 Å². The van der Waals surface area contributed by atoms with E-state index in [2.05, 4.69) is 21.2 Å². The second kappa shape index (κ2) is 7.00. The first-order chi connectivity index (χ1) is 9.99. The number of nitrogens with two attached hydrogens (primary N) is 1. The van der Waals surface area contributed by atoms with Crippen LogP contribution in [0.2, 0.25) is 0 Å². The maximum absolute atomic E-state index is 13.9. The van der Waals surface area contributed by atoms with Crippen molar-refractivity contribution < 1.29 is 14.0 Å². The molecule has 0 unspecified atom stereocenters. The molecule has 5 nitrogen and oxygen atoms in total. The molecule has 1 saturated heterocycles. The van der Waals surface area contributed by atoms with Crippen molar-refractivity contribution in [3.63, 3.8) is 0 Å². The Labute approximate surface area is 130 Å². The van der Waals surface area contributed by atoms with Crippen LogP contribution in [0.1, 0.15) is 23.2 Å². The maximum atomic E-state index is 13.9. The fraction of sp³-hybridized carbons (Fsp3) is 0.429. The van der Waals surface area contributed by atoms with Crippen molar-refractivity contribution in [2.75, 3.05) is 19.6 Å². The molecule has 7 heteroatoms. The molecule has 2 rings (SSSR count). The van der Waals surface area contributed by atoms with Crippen LogP contribution in [0.15, 0.2) is 22.7 Å². The summed E-state index contributed by atoms with van der Waals surface area (Å²) in [4.78, 5) is 25.2. The first kappa shape index (κ1) is 15.9. The standard InChI is InChI=1S/C14H17BrFN3O2/c15-9-1-2-12(16)11(7-9)14(21)19(8-13(17)20)10-3-5-18-6-4-10/h1-2,7,10,18H,3-6,8H2,(H2,17,20). The zero-order valence-corrected chi connectivity index (χ0v) is 13.0. The Bertz CT molecular complexity index is 547. The quantitative estimate of drug-likeness (QED) is 0.851. The van der Waals surface area contributed by atoms with Gasteiger partial charge in [-0.2, -0.15) is 0 Å². The van der Waals surface area contributed by atoms with E-state index in [0.29, 0.717) is 17.3 Å². The fourth-order valence-electron chi connectivity index (χ4n) is 2.47. The number of nitrogens with one attached hydrogen (secondary N) is 1. The lowest BCUT2D eigenvalue weighted by molar-refractivity contribution is -0.119. The summed E-state index contributed by atoms with van der Waals surface area (Å²) in [5.41, 5.74) is 5.18. The highest BCUT2D eigenvalue weighted by Gasteiger charge is 2.29. The number of carbonyl (C=O) groups is 2. The predicted molar refractivity (Wildman–Crippen MR) is 80.2 cm³/mol. The molecule has 21 heavy (non-hydrogen) atoms. The topological polar surface area (TPSA) is 75.4 Å². The van der Waals surface area contributed by atoms with Crippen LogP contribution in [0.25, 0.3) is 0 Å². The van der Waals surface area contributed by atoms with Crippen LogP contribution in [-0.4, -0.2) is 42.4 Å². The van der Waals surface area contributed by atoms with Crippen LogP contribution < -0.4 is 11.1 Å². The van der Waals surface area contributed by atoms with Gasteiger partial charge in [0.05, 0.1) is 12.1 Å². The smallest absolute Gasteiger partial charge is 0.257 e. The molecule has 0 spiro atoms. The van der Waals surface area contributed by atoms with Crippen molar-refractivity contribution in [2.24, 2.45) is 5.73 Å². The van der Waals surface area contributed by atoms with E-state index in [1.165, 1.54) is 23.1 Å². The van der Waals surface area contributed by atoms with Gasteiger partial charge in [0.1, 0.15) is 5.82 Å². The van der Waals surface area contributed by atoms with Crippen LogP contribution in [0.5, 0.6) is 0 Å². The molecule has 1 heterocycles. The number of nitrogens with zero attached hydrogens (tertiary/aromatic N) is 1. The fourth-order valence-corrected chi connectivity index (χ4v) is 2.83. The van der Waals surface area contributed by atoms with Crippen LogP contribution in [0.3, 0.4) is 0 Å². The summed E-state index contributed by atoms with van der Waals surface area (Å²) in [5, 5.41) is 3.19. The van der Waals surface area contributed by atoms with Crippen molar-refractivity contribution in [1.29, 1.82) is 0 Å². The van der Waals surface area contributed by atoms with Crippen LogP contribution in [0.4, 0.5) is 4.39 Å². The molecule has 0 saturated carbocycles. The van der Waals surface area contributed by atoms with E-state index in [1.807, 2.05) is 0 Å². The minimum absolute atomic E-state index is 0.0517. The third-order valence-electron chi connectivity index (χ3n) is 3.50. The predicted octanol–water partition coefficient (Wildman–Crippen LogP) is 1.27. The molecule has 0 atom stereocenters.